The van der Waals surface area contributed by atoms with E-state index in [9.17, 15) is 4.79 Å². The molecule has 1 amide bonds. The predicted molar refractivity (Wildman–Crippen MR) is 87.4 cm³/mol. The number of piperidine rings is 1. The minimum Gasteiger partial charge on any atom is -0.465 e. The van der Waals surface area contributed by atoms with Gasteiger partial charge in [0.25, 0.3) is 0 Å². The van der Waals surface area contributed by atoms with Crippen molar-refractivity contribution in [3.63, 3.8) is 0 Å². The third-order valence-corrected chi connectivity index (χ3v) is 4.80. The molecular weight excluding hydrogens is 278 g/mol. The van der Waals surface area contributed by atoms with Crippen LogP contribution in [0.4, 0.5) is 10.5 Å². The van der Waals surface area contributed by atoms with E-state index >= 15 is 0 Å². The molecule has 2 saturated heterocycles. The van der Waals surface area contributed by atoms with Crippen molar-refractivity contribution in [2.24, 2.45) is 5.92 Å². The van der Waals surface area contributed by atoms with Crippen LogP contribution in [-0.2, 0) is 0 Å². The zero-order chi connectivity index (χ0) is 15.4. The Morgan fingerprint density at radius 3 is 2.50 bits per heavy atom. The molecule has 2 aliphatic rings. The van der Waals surface area contributed by atoms with Gasteiger partial charge in [-0.05, 0) is 30.9 Å². The van der Waals surface area contributed by atoms with Crippen LogP contribution in [-0.4, -0.2) is 66.8 Å². The average Bonchev–Trinajstić information content (AvgIpc) is 2.56. The van der Waals surface area contributed by atoms with Gasteiger partial charge in [-0.2, -0.15) is 0 Å². The first-order valence-electron chi connectivity index (χ1n) is 8.22. The highest BCUT2D eigenvalue weighted by atomic mass is 16.4. The van der Waals surface area contributed by atoms with Crippen LogP contribution in [0.2, 0.25) is 0 Å². The first-order chi connectivity index (χ1) is 10.7. The fraction of sp³-hybridized carbons (Fsp3) is 0.588. The Morgan fingerprint density at radius 1 is 1.09 bits per heavy atom. The fourth-order valence-electron chi connectivity index (χ4n) is 3.57. The molecule has 5 heteroatoms. The molecule has 0 radical (unpaired) electrons. The molecule has 0 bridgehead atoms. The van der Waals surface area contributed by atoms with E-state index in [4.69, 9.17) is 5.11 Å². The van der Waals surface area contributed by atoms with E-state index in [0.717, 1.165) is 32.7 Å². The maximum Gasteiger partial charge on any atom is 0.407 e. The Hall–Kier alpha value is -1.75. The van der Waals surface area contributed by atoms with E-state index in [1.54, 1.807) is 0 Å². The van der Waals surface area contributed by atoms with Crippen LogP contribution >= 0.6 is 0 Å². The third-order valence-electron chi connectivity index (χ3n) is 4.80. The Labute approximate surface area is 132 Å². The van der Waals surface area contributed by atoms with E-state index in [2.05, 4.69) is 40.1 Å². The van der Waals surface area contributed by atoms with Crippen molar-refractivity contribution in [1.82, 2.24) is 9.80 Å². The van der Waals surface area contributed by atoms with Crippen molar-refractivity contribution in [3.05, 3.63) is 30.3 Å². The van der Waals surface area contributed by atoms with Gasteiger partial charge in [-0.3, -0.25) is 4.90 Å². The number of piperazine rings is 1. The lowest BCUT2D eigenvalue weighted by atomic mass is 9.96. The summed E-state index contributed by atoms with van der Waals surface area (Å²) in [5.41, 5.74) is 1.32. The highest BCUT2D eigenvalue weighted by molar-refractivity contribution is 5.65. The summed E-state index contributed by atoms with van der Waals surface area (Å²) in [6.07, 6.45) is 1.74. The molecule has 1 N–H and O–H groups in total. The Bertz CT molecular complexity index is 486. The van der Waals surface area contributed by atoms with Crippen LogP contribution in [0.1, 0.15) is 12.8 Å². The smallest absolute Gasteiger partial charge is 0.407 e. The molecule has 1 atom stereocenters. The number of hydrogen-bond donors (Lipinski definition) is 1. The molecule has 22 heavy (non-hydrogen) atoms. The Balaban J connectivity index is 1.50. The average molecular weight is 303 g/mol. The van der Waals surface area contributed by atoms with Gasteiger partial charge in [0.2, 0.25) is 0 Å². The van der Waals surface area contributed by atoms with Gasteiger partial charge in [0.05, 0.1) is 0 Å². The van der Waals surface area contributed by atoms with Crippen LogP contribution in [0, 0.1) is 5.92 Å². The number of benzene rings is 1. The topological polar surface area (TPSA) is 47.0 Å². The van der Waals surface area contributed by atoms with Gasteiger partial charge in [-0.15, -0.1) is 0 Å². The molecule has 2 heterocycles. The maximum absolute atomic E-state index is 11.0. The van der Waals surface area contributed by atoms with Crippen LogP contribution in [0.25, 0.3) is 0 Å². The Kier molecular flexibility index (Phi) is 4.83. The number of anilines is 1. The van der Waals surface area contributed by atoms with Crippen molar-refractivity contribution in [2.75, 3.05) is 50.7 Å². The maximum atomic E-state index is 11.0. The number of nitrogens with zero attached hydrogens (tertiary/aromatic N) is 3. The van der Waals surface area contributed by atoms with Crippen LogP contribution in [0.15, 0.2) is 30.3 Å². The number of para-hydroxylation sites is 1. The van der Waals surface area contributed by atoms with Gasteiger partial charge in [-0.25, -0.2) is 4.79 Å². The summed E-state index contributed by atoms with van der Waals surface area (Å²) in [6.45, 7) is 6.38. The summed E-state index contributed by atoms with van der Waals surface area (Å²) < 4.78 is 0. The molecule has 1 aromatic carbocycles. The van der Waals surface area contributed by atoms with Gasteiger partial charge in [0, 0.05) is 51.5 Å². The summed E-state index contributed by atoms with van der Waals surface area (Å²) in [4.78, 5) is 17.4. The zero-order valence-corrected chi connectivity index (χ0v) is 13.0. The minimum atomic E-state index is -0.785. The van der Waals surface area contributed by atoms with Crippen molar-refractivity contribution < 1.29 is 9.90 Å². The standard InChI is InChI=1S/C17H25N3O2/c21-17(22)19-11-9-18(10-12-19)13-15-5-4-8-20(14-15)16-6-2-1-3-7-16/h1-3,6-7,15H,4-5,8-14H2,(H,21,22)/t15-/m0/s1. The molecule has 5 nitrogen and oxygen atoms in total. The normalized spacial score (nSPS) is 23.5. The lowest BCUT2D eigenvalue weighted by Gasteiger charge is -2.39. The molecule has 0 unspecified atom stereocenters. The van der Waals surface area contributed by atoms with Crippen LogP contribution < -0.4 is 4.90 Å². The van der Waals surface area contributed by atoms with Gasteiger partial charge >= 0.3 is 6.09 Å². The molecule has 0 spiro atoms. The molecular formula is C17H25N3O2. The second kappa shape index (κ2) is 7.01. The molecule has 3 rings (SSSR count). The lowest BCUT2D eigenvalue weighted by Crippen LogP contribution is -2.50. The lowest BCUT2D eigenvalue weighted by molar-refractivity contribution is 0.0966. The molecule has 0 aliphatic carbocycles. The summed E-state index contributed by atoms with van der Waals surface area (Å²) >= 11 is 0. The van der Waals surface area contributed by atoms with Gasteiger partial charge in [-0.1, -0.05) is 18.2 Å². The van der Waals surface area contributed by atoms with Crippen molar-refractivity contribution >= 4 is 11.8 Å². The van der Waals surface area contributed by atoms with Crippen molar-refractivity contribution in [1.29, 1.82) is 0 Å². The highest BCUT2D eigenvalue weighted by Gasteiger charge is 2.25. The number of carbonyl (C=O) groups is 1. The van der Waals surface area contributed by atoms with Crippen molar-refractivity contribution in [2.45, 2.75) is 12.8 Å². The number of hydrogen-bond acceptors (Lipinski definition) is 3. The first-order valence-corrected chi connectivity index (χ1v) is 8.22. The van der Waals surface area contributed by atoms with E-state index in [0.29, 0.717) is 19.0 Å². The van der Waals surface area contributed by atoms with Gasteiger partial charge in [0.1, 0.15) is 0 Å². The summed E-state index contributed by atoms with van der Waals surface area (Å²) in [5, 5.41) is 9.01. The van der Waals surface area contributed by atoms with Gasteiger partial charge < -0.3 is 14.9 Å². The quantitative estimate of drug-likeness (QED) is 0.930. The minimum absolute atomic E-state index is 0.643. The second-order valence-electron chi connectivity index (χ2n) is 6.36. The second-order valence-corrected chi connectivity index (χ2v) is 6.36. The monoisotopic (exact) mass is 303 g/mol. The van der Waals surface area contributed by atoms with Crippen LogP contribution in [0.5, 0.6) is 0 Å². The summed E-state index contributed by atoms with van der Waals surface area (Å²) in [7, 11) is 0. The number of carboxylic acid groups (broad SMARTS) is 1. The van der Waals surface area contributed by atoms with Crippen LogP contribution in [0.3, 0.4) is 0 Å². The Morgan fingerprint density at radius 2 is 1.82 bits per heavy atom. The highest BCUT2D eigenvalue weighted by Crippen LogP contribution is 2.23. The number of amides is 1. The SMILES string of the molecule is O=C(O)N1CCN(C[C@@H]2CCCN(c3ccccc3)C2)CC1. The molecule has 2 fully saturated rings. The van der Waals surface area contributed by atoms with E-state index < -0.39 is 6.09 Å². The zero-order valence-electron chi connectivity index (χ0n) is 13.0. The first kappa shape index (κ1) is 15.2. The van der Waals surface area contributed by atoms with E-state index in [-0.39, 0.29) is 0 Å². The molecule has 0 aromatic heterocycles. The number of rotatable bonds is 3. The predicted octanol–water partition coefficient (Wildman–Crippen LogP) is 2.20. The van der Waals surface area contributed by atoms with Gasteiger partial charge in [0.15, 0.2) is 0 Å². The summed E-state index contributed by atoms with van der Waals surface area (Å²) in [5.74, 6) is 0.685. The largest absolute Gasteiger partial charge is 0.465 e. The molecule has 0 saturated carbocycles. The van der Waals surface area contributed by atoms with E-state index in [1.165, 1.54) is 23.4 Å². The van der Waals surface area contributed by atoms with Crippen molar-refractivity contribution in [3.8, 4) is 0 Å². The summed E-state index contributed by atoms with van der Waals surface area (Å²) in [6, 6.07) is 10.6. The molecule has 120 valence electrons. The fourth-order valence-corrected chi connectivity index (χ4v) is 3.57. The van der Waals surface area contributed by atoms with E-state index in [1.807, 2.05) is 0 Å². The molecule has 1 aromatic rings. The molecule has 2 aliphatic heterocycles. The third kappa shape index (κ3) is 3.71.